The summed E-state index contributed by atoms with van der Waals surface area (Å²) in [5.74, 6) is -0.0549. The molecule has 0 atom stereocenters. The number of likely N-dealkylation sites (N-methyl/N-ethyl adjacent to an activating group) is 1. The summed E-state index contributed by atoms with van der Waals surface area (Å²) in [5.41, 5.74) is 0.863. The standard InChI is InChI=1S/C20H22ClN3OS2.ClH/c1-3-23(4-2)11-12-24(19(25)10-8-16-6-5-13-26-16)20-22-17-9-7-15(21)14-18(17)27-20;/h5-10,13-14H,3-4,11-12H2,1-2H3;1H/p-1/b10-8+;. The summed E-state index contributed by atoms with van der Waals surface area (Å²) in [4.78, 5) is 22.7. The van der Waals surface area contributed by atoms with Crippen LogP contribution in [0.2, 0.25) is 5.02 Å². The van der Waals surface area contributed by atoms with Crippen LogP contribution in [-0.2, 0) is 4.79 Å². The Bertz CT molecular complexity index is 921. The lowest BCUT2D eigenvalue weighted by Crippen LogP contribution is -3.00. The number of thiophene rings is 1. The number of amides is 1. The van der Waals surface area contributed by atoms with E-state index in [1.165, 1.54) is 11.3 Å². The third-order valence-electron chi connectivity index (χ3n) is 4.30. The first kappa shape index (κ1) is 22.8. The van der Waals surface area contributed by atoms with E-state index in [2.05, 4.69) is 23.7 Å². The average molecular weight is 455 g/mol. The van der Waals surface area contributed by atoms with Crippen molar-refractivity contribution in [2.24, 2.45) is 0 Å². The Morgan fingerprint density at radius 2 is 2.00 bits per heavy atom. The van der Waals surface area contributed by atoms with Crippen LogP contribution in [0, 0.1) is 0 Å². The minimum atomic E-state index is -0.0549. The molecule has 0 aliphatic rings. The molecule has 2 heterocycles. The molecule has 0 bridgehead atoms. The van der Waals surface area contributed by atoms with Gasteiger partial charge in [0.15, 0.2) is 5.13 Å². The number of hydrogen-bond donors (Lipinski definition) is 0. The zero-order valence-corrected chi connectivity index (χ0v) is 18.9. The number of carbonyl (C=O) groups is 1. The van der Waals surface area contributed by atoms with Crippen LogP contribution in [0.3, 0.4) is 0 Å². The second-order valence-corrected chi connectivity index (χ2v) is 8.40. The topological polar surface area (TPSA) is 36.4 Å². The third kappa shape index (κ3) is 5.78. The highest BCUT2D eigenvalue weighted by Gasteiger charge is 2.18. The Morgan fingerprint density at radius 3 is 2.68 bits per heavy atom. The van der Waals surface area contributed by atoms with Crippen LogP contribution in [0.4, 0.5) is 5.13 Å². The van der Waals surface area contributed by atoms with Crippen molar-refractivity contribution in [3.63, 3.8) is 0 Å². The molecule has 0 aliphatic heterocycles. The fraction of sp³-hybridized carbons (Fsp3) is 0.300. The molecule has 4 nitrogen and oxygen atoms in total. The van der Waals surface area contributed by atoms with Crippen molar-refractivity contribution in [2.45, 2.75) is 13.8 Å². The molecule has 2 aromatic heterocycles. The molecule has 0 N–H and O–H groups in total. The van der Waals surface area contributed by atoms with E-state index in [1.807, 2.05) is 41.8 Å². The van der Waals surface area contributed by atoms with Gasteiger partial charge in [-0.05, 0) is 48.8 Å². The third-order valence-corrected chi connectivity index (χ3v) is 6.42. The number of aromatic nitrogens is 1. The highest BCUT2D eigenvalue weighted by atomic mass is 35.5. The second-order valence-electron chi connectivity index (χ2n) is 5.97. The first-order valence-electron chi connectivity index (χ1n) is 8.92. The second kappa shape index (κ2) is 10.9. The molecule has 8 heteroatoms. The van der Waals surface area contributed by atoms with Crippen LogP contribution in [0.1, 0.15) is 18.7 Å². The molecule has 1 amide bonds. The number of rotatable bonds is 8. The van der Waals surface area contributed by atoms with Gasteiger partial charge in [-0.2, -0.15) is 0 Å². The fourth-order valence-electron chi connectivity index (χ4n) is 2.71. The van der Waals surface area contributed by atoms with Gasteiger partial charge in [0.1, 0.15) is 0 Å². The van der Waals surface area contributed by atoms with Crippen LogP contribution >= 0.6 is 34.3 Å². The molecule has 0 radical (unpaired) electrons. The summed E-state index contributed by atoms with van der Waals surface area (Å²) in [6.07, 6.45) is 3.49. The molecule has 0 aliphatic carbocycles. The predicted octanol–water partition coefficient (Wildman–Crippen LogP) is 2.40. The van der Waals surface area contributed by atoms with E-state index >= 15 is 0 Å². The summed E-state index contributed by atoms with van der Waals surface area (Å²) in [6.45, 7) is 7.58. The summed E-state index contributed by atoms with van der Waals surface area (Å²) in [7, 11) is 0. The molecule has 0 saturated heterocycles. The van der Waals surface area contributed by atoms with Crippen LogP contribution < -0.4 is 17.3 Å². The van der Waals surface area contributed by atoms with Gasteiger partial charge in [0, 0.05) is 29.1 Å². The Kier molecular flexibility index (Phi) is 8.92. The molecule has 1 aromatic carbocycles. The Hall–Kier alpha value is -1.44. The van der Waals surface area contributed by atoms with E-state index in [1.54, 1.807) is 22.3 Å². The van der Waals surface area contributed by atoms with Crippen molar-refractivity contribution in [2.75, 3.05) is 31.1 Å². The number of fused-ring (bicyclic) bond motifs is 1. The summed E-state index contributed by atoms with van der Waals surface area (Å²) >= 11 is 9.21. The maximum absolute atomic E-state index is 12.9. The Balaban J connectivity index is 0.00000280. The van der Waals surface area contributed by atoms with E-state index in [0.29, 0.717) is 16.7 Å². The molecule has 150 valence electrons. The Morgan fingerprint density at radius 1 is 1.21 bits per heavy atom. The van der Waals surface area contributed by atoms with Crippen LogP contribution in [-0.4, -0.2) is 42.0 Å². The van der Waals surface area contributed by atoms with Crippen molar-refractivity contribution in [1.29, 1.82) is 0 Å². The summed E-state index contributed by atoms with van der Waals surface area (Å²) < 4.78 is 0.986. The van der Waals surface area contributed by atoms with E-state index in [0.717, 1.165) is 34.7 Å². The van der Waals surface area contributed by atoms with Crippen LogP contribution in [0.5, 0.6) is 0 Å². The number of carbonyl (C=O) groups excluding carboxylic acids is 1. The van der Waals surface area contributed by atoms with E-state index in [4.69, 9.17) is 11.6 Å². The highest BCUT2D eigenvalue weighted by molar-refractivity contribution is 7.22. The average Bonchev–Trinajstić information content (AvgIpc) is 3.32. The Labute approximate surface area is 184 Å². The molecule has 3 aromatic rings. The minimum Gasteiger partial charge on any atom is -1.00 e. The first-order chi connectivity index (χ1) is 13.1. The maximum Gasteiger partial charge on any atom is 0.252 e. The number of anilines is 1. The number of hydrogen-bond acceptors (Lipinski definition) is 5. The lowest BCUT2D eigenvalue weighted by Gasteiger charge is -2.23. The van der Waals surface area contributed by atoms with Gasteiger partial charge in [-0.3, -0.25) is 9.69 Å². The van der Waals surface area contributed by atoms with Gasteiger partial charge in [0.05, 0.1) is 10.2 Å². The lowest BCUT2D eigenvalue weighted by molar-refractivity contribution is -0.114. The van der Waals surface area contributed by atoms with Crippen molar-refractivity contribution in [3.8, 4) is 0 Å². The van der Waals surface area contributed by atoms with Crippen molar-refractivity contribution in [1.82, 2.24) is 9.88 Å². The maximum atomic E-state index is 12.9. The van der Waals surface area contributed by atoms with Gasteiger partial charge in [0.2, 0.25) is 0 Å². The quantitative estimate of drug-likeness (QED) is 0.490. The first-order valence-corrected chi connectivity index (χ1v) is 11.0. The zero-order chi connectivity index (χ0) is 19.2. The van der Waals surface area contributed by atoms with Crippen molar-refractivity contribution in [3.05, 3.63) is 51.7 Å². The zero-order valence-electron chi connectivity index (χ0n) is 15.8. The van der Waals surface area contributed by atoms with Gasteiger partial charge in [0.25, 0.3) is 5.91 Å². The number of thiazole rings is 1. The van der Waals surface area contributed by atoms with Crippen LogP contribution in [0.15, 0.2) is 41.8 Å². The smallest absolute Gasteiger partial charge is 0.252 e. The molecular formula is C20H22Cl2N3OS2-. The van der Waals surface area contributed by atoms with Crippen molar-refractivity contribution >= 4 is 61.6 Å². The van der Waals surface area contributed by atoms with Gasteiger partial charge < -0.3 is 17.3 Å². The molecule has 28 heavy (non-hydrogen) atoms. The summed E-state index contributed by atoms with van der Waals surface area (Å²) in [6, 6.07) is 9.59. The van der Waals surface area contributed by atoms with Crippen LogP contribution in [0.25, 0.3) is 16.3 Å². The predicted molar refractivity (Wildman–Crippen MR) is 118 cm³/mol. The van der Waals surface area contributed by atoms with Crippen molar-refractivity contribution < 1.29 is 17.2 Å². The molecule has 0 saturated carbocycles. The van der Waals surface area contributed by atoms with E-state index in [-0.39, 0.29) is 18.3 Å². The van der Waals surface area contributed by atoms with E-state index in [9.17, 15) is 4.79 Å². The lowest BCUT2D eigenvalue weighted by atomic mass is 10.3. The summed E-state index contributed by atoms with van der Waals surface area (Å²) in [5, 5.41) is 3.39. The largest absolute Gasteiger partial charge is 1.00 e. The number of benzene rings is 1. The van der Waals surface area contributed by atoms with Gasteiger partial charge in [-0.1, -0.05) is 42.9 Å². The highest BCUT2D eigenvalue weighted by Crippen LogP contribution is 2.31. The van der Waals surface area contributed by atoms with Gasteiger partial charge in [-0.15, -0.1) is 11.3 Å². The monoisotopic (exact) mass is 454 g/mol. The molecule has 3 rings (SSSR count). The molecular weight excluding hydrogens is 433 g/mol. The molecule has 0 spiro atoms. The van der Waals surface area contributed by atoms with E-state index < -0.39 is 0 Å². The molecule has 0 fully saturated rings. The fourth-order valence-corrected chi connectivity index (χ4v) is 4.60. The molecule has 0 unspecified atom stereocenters. The SMILES string of the molecule is CCN(CC)CCN(C(=O)/C=C/c1cccs1)c1nc2ccc(Cl)cc2s1.[Cl-]. The number of nitrogens with zero attached hydrogens (tertiary/aromatic N) is 3. The van der Waals surface area contributed by atoms with Gasteiger partial charge in [-0.25, -0.2) is 4.98 Å². The minimum absolute atomic E-state index is 0. The van der Waals surface area contributed by atoms with Gasteiger partial charge >= 0.3 is 0 Å². The normalized spacial score (nSPS) is 11.3. The number of halogens is 2.